The molecule has 0 fully saturated rings. The molecule has 0 atom stereocenters. The van der Waals surface area contributed by atoms with Gasteiger partial charge in [-0.15, -0.1) is 22.7 Å². The minimum Gasteiger partial charge on any atom is -0.325 e. The number of rotatable bonds is 6. The molecule has 4 rings (SSSR count). The number of benzene rings is 1. The number of amides is 1. The monoisotopic (exact) mass is 459 g/mol. The largest absolute Gasteiger partial charge is 0.325 e. The van der Waals surface area contributed by atoms with E-state index in [0.717, 1.165) is 10.4 Å². The Morgan fingerprint density at radius 1 is 1.17 bits per heavy atom. The van der Waals surface area contributed by atoms with E-state index >= 15 is 0 Å². The summed E-state index contributed by atoms with van der Waals surface area (Å²) in [5, 5.41) is 7.03. The molecular weight excluding hydrogens is 442 g/mol. The quantitative estimate of drug-likeness (QED) is 0.475. The molecule has 0 unspecified atom stereocenters. The molecule has 1 aromatic carbocycles. The second-order valence-corrected chi connectivity index (χ2v) is 10.5. The van der Waals surface area contributed by atoms with Gasteiger partial charge in [0.25, 0.3) is 5.56 Å². The topological polar surface area (TPSA) is 98.1 Å². The van der Waals surface area contributed by atoms with Gasteiger partial charge < -0.3 is 5.32 Å². The van der Waals surface area contributed by atoms with Gasteiger partial charge in [0.2, 0.25) is 5.91 Å². The highest BCUT2D eigenvalue weighted by molar-refractivity contribution is 7.91. The Balaban J connectivity index is 1.56. The number of hydrogen-bond acceptors (Lipinski definition) is 7. The smallest absolute Gasteiger partial charge is 0.263 e. The van der Waals surface area contributed by atoms with Crippen LogP contribution in [0.15, 0.2) is 63.2 Å². The predicted molar refractivity (Wildman–Crippen MR) is 120 cm³/mol. The molecule has 0 saturated heterocycles. The molecule has 0 radical (unpaired) electrons. The normalized spacial score (nSPS) is 11.6. The van der Waals surface area contributed by atoms with Crippen molar-refractivity contribution in [2.45, 2.75) is 18.4 Å². The van der Waals surface area contributed by atoms with Crippen molar-refractivity contribution in [1.82, 2.24) is 9.55 Å². The number of carbonyl (C=O) groups excluding carboxylic acids is 1. The minimum atomic E-state index is -3.30. The van der Waals surface area contributed by atoms with Crippen LogP contribution >= 0.6 is 22.7 Å². The highest BCUT2D eigenvalue weighted by atomic mass is 32.2. The Labute approximate surface area is 180 Å². The van der Waals surface area contributed by atoms with Crippen LogP contribution in [0.5, 0.6) is 0 Å². The van der Waals surface area contributed by atoms with Gasteiger partial charge >= 0.3 is 0 Å². The fraction of sp³-hybridized carbons (Fsp3) is 0.150. The van der Waals surface area contributed by atoms with E-state index in [2.05, 4.69) is 10.3 Å². The third kappa shape index (κ3) is 3.93. The summed E-state index contributed by atoms with van der Waals surface area (Å²) in [6.45, 7) is 1.38. The fourth-order valence-corrected chi connectivity index (χ4v) is 5.57. The first-order chi connectivity index (χ1) is 14.4. The zero-order valence-electron chi connectivity index (χ0n) is 15.9. The molecule has 7 nitrogen and oxygen atoms in total. The van der Waals surface area contributed by atoms with Crippen LogP contribution in [0.3, 0.4) is 0 Å². The maximum Gasteiger partial charge on any atom is 0.263 e. The Morgan fingerprint density at radius 2 is 1.93 bits per heavy atom. The fourth-order valence-electron chi connectivity index (χ4n) is 2.96. The second-order valence-electron chi connectivity index (χ2n) is 6.46. The number of fused-ring (bicyclic) bond motifs is 1. The zero-order valence-corrected chi connectivity index (χ0v) is 18.3. The van der Waals surface area contributed by atoms with Gasteiger partial charge in [-0.25, -0.2) is 13.4 Å². The standard InChI is InChI=1S/C20H17N3O4S3/c1-2-30(26,27)14-7-5-13(6-8-14)22-17(24)10-23-12-21-19-18(20(23)25)15(11-29-19)16-4-3-9-28-16/h3-9,11-12H,2,10H2,1H3,(H,22,24). The Bertz CT molecular complexity index is 1370. The first-order valence-corrected chi connectivity index (χ1v) is 12.4. The maximum absolute atomic E-state index is 13.0. The average molecular weight is 460 g/mol. The van der Waals surface area contributed by atoms with Crippen LogP contribution in [-0.2, 0) is 21.2 Å². The SMILES string of the molecule is CCS(=O)(=O)c1ccc(NC(=O)Cn2cnc3scc(-c4cccs4)c3c2=O)cc1. The Kier molecular flexibility index (Phi) is 5.54. The molecule has 0 aliphatic heterocycles. The van der Waals surface area contributed by atoms with E-state index in [4.69, 9.17) is 0 Å². The lowest BCUT2D eigenvalue weighted by Crippen LogP contribution is -2.27. The molecule has 4 aromatic rings. The molecule has 0 bridgehead atoms. The molecular formula is C20H17N3O4S3. The molecule has 0 aliphatic rings. The number of nitrogens with one attached hydrogen (secondary N) is 1. The predicted octanol–water partition coefficient (Wildman–Crippen LogP) is 3.62. The molecule has 3 heterocycles. The summed E-state index contributed by atoms with van der Waals surface area (Å²) in [4.78, 5) is 31.5. The van der Waals surface area contributed by atoms with Crippen LogP contribution in [0.1, 0.15) is 6.92 Å². The zero-order chi connectivity index (χ0) is 21.3. The van der Waals surface area contributed by atoms with Crippen molar-refractivity contribution in [2.24, 2.45) is 0 Å². The summed E-state index contributed by atoms with van der Waals surface area (Å²) in [5.74, 6) is -0.398. The maximum atomic E-state index is 13.0. The number of thiophene rings is 2. The molecule has 3 aromatic heterocycles. The van der Waals surface area contributed by atoms with Crippen LogP contribution in [0.4, 0.5) is 5.69 Å². The molecule has 0 saturated carbocycles. The van der Waals surface area contributed by atoms with E-state index in [0.29, 0.717) is 15.9 Å². The van der Waals surface area contributed by atoms with Gasteiger partial charge in [-0.1, -0.05) is 13.0 Å². The average Bonchev–Trinajstić information content (AvgIpc) is 3.40. The van der Waals surface area contributed by atoms with Crippen molar-refractivity contribution in [1.29, 1.82) is 0 Å². The van der Waals surface area contributed by atoms with Crippen LogP contribution < -0.4 is 10.9 Å². The lowest BCUT2D eigenvalue weighted by atomic mass is 10.2. The second kappa shape index (κ2) is 8.13. The minimum absolute atomic E-state index is 0.00709. The molecule has 0 spiro atoms. The van der Waals surface area contributed by atoms with Crippen LogP contribution in [0.2, 0.25) is 0 Å². The molecule has 1 N–H and O–H groups in total. The van der Waals surface area contributed by atoms with Crippen molar-refractivity contribution in [3.8, 4) is 10.4 Å². The van der Waals surface area contributed by atoms with E-state index in [9.17, 15) is 18.0 Å². The molecule has 0 aliphatic carbocycles. The van der Waals surface area contributed by atoms with Gasteiger partial charge in [0.1, 0.15) is 11.4 Å². The molecule has 10 heteroatoms. The van der Waals surface area contributed by atoms with Gasteiger partial charge in [0, 0.05) is 21.5 Å². The summed E-state index contributed by atoms with van der Waals surface area (Å²) in [6, 6.07) is 9.82. The van der Waals surface area contributed by atoms with Gasteiger partial charge in [-0.05, 0) is 35.7 Å². The van der Waals surface area contributed by atoms with Gasteiger partial charge in [-0.3, -0.25) is 14.2 Å². The molecule has 1 amide bonds. The van der Waals surface area contributed by atoms with Crippen molar-refractivity contribution in [2.75, 3.05) is 11.1 Å². The van der Waals surface area contributed by atoms with E-state index in [-0.39, 0.29) is 22.8 Å². The van der Waals surface area contributed by atoms with Gasteiger partial charge in [0.05, 0.1) is 22.4 Å². The van der Waals surface area contributed by atoms with Crippen LogP contribution in [0, 0.1) is 0 Å². The molecule has 30 heavy (non-hydrogen) atoms. The van der Waals surface area contributed by atoms with E-state index in [1.54, 1.807) is 6.92 Å². The van der Waals surface area contributed by atoms with Crippen molar-refractivity contribution in [3.63, 3.8) is 0 Å². The first-order valence-electron chi connectivity index (χ1n) is 9.02. The lowest BCUT2D eigenvalue weighted by molar-refractivity contribution is -0.116. The Hall–Kier alpha value is -2.82. The summed E-state index contributed by atoms with van der Waals surface area (Å²) < 4.78 is 25.0. The highest BCUT2D eigenvalue weighted by Gasteiger charge is 2.16. The number of sulfone groups is 1. The van der Waals surface area contributed by atoms with Crippen molar-refractivity contribution < 1.29 is 13.2 Å². The number of aromatic nitrogens is 2. The number of carbonyl (C=O) groups is 1. The molecule has 154 valence electrons. The summed E-state index contributed by atoms with van der Waals surface area (Å²) >= 11 is 2.93. The lowest BCUT2D eigenvalue weighted by Gasteiger charge is -2.08. The highest BCUT2D eigenvalue weighted by Crippen LogP contribution is 2.33. The van der Waals surface area contributed by atoms with E-state index in [1.807, 2.05) is 22.9 Å². The van der Waals surface area contributed by atoms with Crippen LogP contribution in [0.25, 0.3) is 20.7 Å². The van der Waals surface area contributed by atoms with Gasteiger partial charge in [-0.2, -0.15) is 0 Å². The third-order valence-corrected chi connectivity index (χ3v) is 8.08. The third-order valence-electron chi connectivity index (χ3n) is 4.54. The summed E-state index contributed by atoms with van der Waals surface area (Å²) in [6.07, 6.45) is 1.37. The Morgan fingerprint density at radius 3 is 2.60 bits per heavy atom. The van der Waals surface area contributed by atoms with E-state index in [1.165, 1.54) is 57.8 Å². The number of nitrogens with zero attached hydrogens (tertiary/aromatic N) is 2. The summed E-state index contributed by atoms with van der Waals surface area (Å²) in [7, 11) is -3.30. The van der Waals surface area contributed by atoms with Crippen molar-refractivity contribution >= 4 is 54.3 Å². The number of hydrogen-bond donors (Lipinski definition) is 1. The van der Waals surface area contributed by atoms with Gasteiger partial charge in [0.15, 0.2) is 9.84 Å². The number of anilines is 1. The van der Waals surface area contributed by atoms with Crippen LogP contribution in [-0.4, -0.2) is 29.6 Å². The summed E-state index contributed by atoms with van der Waals surface area (Å²) in [5.41, 5.74) is 1.00. The van der Waals surface area contributed by atoms with Crippen molar-refractivity contribution in [3.05, 3.63) is 63.8 Å². The van der Waals surface area contributed by atoms with E-state index < -0.39 is 15.7 Å². The first kappa shape index (κ1) is 20.5.